The molecule has 1 atom stereocenters. The summed E-state index contributed by atoms with van der Waals surface area (Å²) in [4.78, 5) is 24.6. The Morgan fingerprint density at radius 3 is 2.20 bits per heavy atom. The summed E-state index contributed by atoms with van der Waals surface area (Å²) >= 11 is 0. The van der Waals surface area contributed by atoms with Crippen LogP contribution in [0.25, 0.3) is 0 Å². The van der Waals surface area contributed by atoms with Crippen LogP contribution >= 0.6 is 0 Å². The highest BCUT2D eigenvalue weighted by Crippen LogP contribution is 2.10. The third-order valence-electron chi connectivity index (χ3n) is 3.23. The molecule has 1 unspecified atom stereocenters. The van der Waals surface area contributed by atoms with Crippen LogP contribution in [0.2, 0.25) is 0 Å². The number of rotatable bonds is 10. The molecule has 6 heteroatoms. The Labute approximate surface area is 122 Å². The molecule has 0 aromatic rings. The van der Waals surface area contributed by atoms with Crippen molar-refractivity contribution in [3.8, 4) is 0 Å². The first kappa shape index (κ1) is 18.7. The van der Waals surface area contributed by atoms with Crippen LogP contribution in [0.4, 0.5) is 4.79 Å². The van der Waals surface area contributed by atoms with Crippen molar-refractivity contribution < 1.29 is 9.59 Å². The number of hydrogen-bond donors (Lipinski definition) is 3. The number of nitrogens with one attached hydrogen (secondary N) is 2. The maximum Gasteiger partial charge on any atom is 0.314 e. The van der Waals surface area contributed by atoms with Crippen LogP contribution in [-0.2, 0) is 4.79 Å². The third kappa shape index (κ3) is 8.74. The fraction of sp³-hybridized carbons (Fsp3) is 0.857. The predicted molar refractivity (Wildman–Crippen MR) is 81.4 cm³/mol. The number of amides is 3. The Morgan fingerprint density at radius 2 is 1.75 bits per heavy atom. The van der Waals surface area contributed by atoms with E-state index in [2.05, 4.69) is 43.2 Å². The minimum Gasteiger partial charge on any atom is -0.370 e. The van der Waals surface area contributed by atoms with Gasteiger partial charge in [-0.1, -0.05) is 27.7 Å². The fourth-order valence-corrected chi connectivity index (χ4v) is 2.22. The van der Waals surface area contributed by atoms with Crippen molar-refractivity contribution in [2.75, 3.05) is 26.2 Å². The molecule has 4 N–H and O–H groups in total. The topological polar surface area (TPSA) is 87.5 Å². The quantitative estimate of drug-likeness (QED) is 0.558. The van der Waals surface area contributed by atoms with Crippen molar-refractivity contribution in [2.45, 2.75) is 46.6 Å². The maximum atomic E-state index is 11.6. The van der Waals surface area contributed by atoms with Gasteiger partial charge in [-0.15, -0.1) is 0 Å². The highest BCUT2D eigenvalue weighted by atomic mass is 16.2. The molecule has 0 saturated heterocycles. The van der Waals surface area contributed by atoms with E-state index in [9.17, 15) is 9.59 Å². The number of carbonyl (C=O) groups is 2. The van der Waals surface area contributed by atoms with Gasteiger partial charge in [0.15, 0.2) is 0 Å². The first-order valence-electron chi connectivity index (χ1n) is 7.44. The molecular formula is C14H30N4O2. The van der Waals surface area contributed by atoms with E-state index in [0.717, 1.165) is 19.5 Å². The van der Waals surface area contributed by atoms with Gasteiger partial charge in [0.1, 0.15) is 0 Å². The van der Waals surface area contributed by atoms with Crippen molar-refractivity contribution in [1.82, 2.24) is 15.5 Å². The van der Waals surface area contributed by atoms with Crippen LogP contribution in [0.15, 0.2) is 0 Å². The summed E-state index contributed by atoms with van der Waals surface area (Å²) in [7, 11) is 0. The molecule has 0 heterocycles. The number of primary amides is 1. The summed E-state index contributed by atoms with van der Waals surface area (Å²) in [5.74, 6) is 0.173. The SMILES string of the molecule is CCN(CC)C(CNC(=O)NCCC(N)=O)CC(C)C. The van der Waals surface area contributed by atoms with Crippen LogP contribution in [0.5, 0.6) is 0 Å². The molecular weight excluding hydrogens is 256 g/mol. The molecule has 0 aliphatic carbocycles. The van der Waals surface area contributed by atoms with Gasteiger partial charge in [0.25, 0.3) is 0 Å². The Balaban J connectivity index is 4.17. The van der Waals surface area contributed by atoms with Crippen LogP contribution in [0, 0.1) is 5.92 Å². The largest absolute Gasteiger partial charge is 0.370 e. The molecule has 0 aliphatic rings. The van der Waals surface area contributed by atoms with E-state index in [4.69, 9.17) is 5.73 Å². The van der Waals surface area contributed by atoms with Gasteiger partial charge in [-0.3, -0.25) is 9.69 Å². The molecule has 20 heavy (non-hydrogen) atoms. The minimum absolute atomic E-state index is 0.166. The van der Waals surface area contributed by atoms with Gasteiger partial charge in [0, 0.05) is 25.6 Å². The van der Waals surface area contributed by atoms with E-state index in [1.165, 1.54) is 0 Å². The number of nitrogens with two attached hydrogens (primary N) is 1. The van der Waals surface area contributed by atoms with E-state index in [-0.39, 0.29) is 19.0 Å². The number of hydrogen-bond acceptors (Lipinski definition) is 3. The van der Waals surface area contributed by atoms with E-state index < -0.39 is 5.91 Å². The van der Waals surface area contributed by atoms with Crippen LogP contribution in [0.1, 0.15) is 40.5 Å². The van der Waals surface area contributed by atoms with Crippen molar-refractivity contribution in [2.24, 2.45) is 11.7 Å². The minimum atomic E-state index is -0.411. The van der Waals surface area contributed by atoms with Crippen LogP contribution < -0.4 is 16.4 Å². The van der Waals surface area contributed by atoms with Gasteiger partial charge < -0.3 is 16.4 Å². The van der Waals surface area contributed by atoms with E-state index in [1.807, 2.05) is 0 Å². The van der Waals surface area contributed by atoms with Crippen LogP contribution in [-0.4, -0.2) is 49.1 Å². The van der Waals surface area contributed by atoms with Crippen molar-refractivity contribution in [1.29, 1.82) is 0 Å². The number of likely N-dealkylation sites (N-methyl/N-ethyl adjacent to an activating group) is 1. The second-order valence-corrected chi connectivity index (χ2v) is 5.36. The zero-order valence-corrected chi connectivity index (χ0v) is 13.2. The fourth-order valence-electron chi connectivity index (χ4n) is 2.22. The normalized spacial score (nSPS) is 12.5. The number of urea groups is 1. The average molecular weight is 286 g/mol. The number of carbonyl (C=O) groups excluding carboxylic acids is 2. The van der Waals surface area contributed by atoms with Crippen molar-refractivity contribution in [3.05, 3.63) is 0 Å². The second-order valence-electron chi connectivity index (χ2n) is 5.36. The van der Waals surface area contributed by atoms with E-state index >= 15 is 0 Å². The maximum absolute atomic E-state index is 11.6. The Morgan fingerprint density at radius 1 is 1.15 bits per heavy atom. The Bertz CT molecular complexity index is 291. The highest BCUT2D eigenvalue weighted by molar-refractivity contribution is 5.76. The monoisotopic (exact) mass is 286 g/mol. The molecule has 0 fully saturated rings. The van der Waals surface area contributed by atoms with Gasteiger partial charge in [-0.25, -0.2) is 4.79 Å². The lowest BCUT2D eigenvalue weighted by molar-refractivity contribution is -0.117. The van der Waals surface area contributed by atoms with E-state index in [0.29, 0.717) is 18.5 Å². The molecule has 3 amide bonds. The average Bonchev–Trinajstić information content (AvgIpc) is 2.36. The van der Waals surface area contributed by atoms with E-state index in [1.54, 1.807) is 0 Å². The van der Waals surface area contributed by atoms with Gasteiger partial charge in [0.2, 0.25) is 5.91 Å². The second kappa shape index (κ2) is 10.5. The molecule has 0 rings (SSSR count). The molecule has 0 spiro atoms. The summed E-state index contributed by atoms with van der Waals surface area (Å²) in [6, 6.07) is 0.0963. The van der Waals surface area contributed by atoms with Gasteiger partial charge in [0.05, 0.1) is 0 Å². The molecule has 0 radical (unpaired) electrons. The molecule has 118 valence electrons. The first-order chi connectivity index (χ1) is 9.40. The van der Waals surface area contributed by atoms with Crippen molar-refractivity contribution >= 4 is 11.9 Å². The molecule has 0 aliphatic heterocycles. The Hall–Kier alpha value is -1.30. The lowest BCUT2D eigenvalue weighted by atomic mass is 10.0. The molecule has 6 nitrogen and oxygen atoms in total. The number of nitrogens with zero attached hydrogens (tertiary/aromatic N) is 1. The lowest BCUT2D eigenvalue weighted by Gasteiger charge is -2.31. The highest BCUT2D eigenvalue weighted by Gasteiger charge is 2.17. The van der Waals surface area contributed by atoms with Gasteiger partial charge >= 0.3 is 6.03 Å². The molecule has 0 bridgehead atoms. The zero-order valence-electron chi connectivity index (χ0n) is 13.2. The summed E-state index contributed by atoms with van der Waals surface area (Å²) in [6.07, 6.45) is 1.21. The summed E-state index contributed by atoms with van der Waals surface area (Å²) in [5.41, 5.74) is 5.01. The third-order valence-corrected chi connectivity index (χ3v) is 3.23. The summed E-state index contributed by atoms with van der Waals surface area (Å²) in [5, 5.41) is 5.50. The predicted octanol–water partition coefficient (Wildman–Crippen LogP) is 0.918. The molecule has 0 saturated carbocycles. The zero-order chi connectivity index (χ0) is 15.5. The lowest BCUT2D eigenvalue weighted by Crippen LogP contribution is -2.47. The Kier molecular flexibility index (Phi) is 9.80. The van der Waals surface area contributed by atoms with Crippen LogP contribution in [0.3, 0.4) is 0 Å². The smallest absolute Gasteiger partial charge is 0.314 e. The first-order valence-corrected chi connectivity index (χ1v) is 7.44. The molecule has 0 aromatic heterocycles. The van der Waals surface area contributed by atoms with Crippen molar-refractivity contribution in [3.63, 3.8) is 0 Å². The van der Waals surface area contributed by atoms with Gasteiger partial charge in [-0.05, 0) is 25.4 Å². The molecule has 0 aromatic carbocycles. The summed E-state index contributed by atoms with van der Waals surface area (Å²) in [6.45, 7) is 11.5. The van der Waals surface area contributed by atoms with Gasteiger partial charge in [-0.2, -0.15) is 0 Å². The summed E-state index contributed by atoms with van der Waals surface area (Å²) < 4.78 is 0. The standard InChI is InChI=1S/C14H30N4O2/c1-5-18(6-2)12(9-11(3)4)10-17-14(20)16-8-7-13(15)19/h11-12H,5-10H2,1-4H3,(H2,15,19)(H2,16,17,20).